The van der Waals surface area contributed by atoms with Crippen molar-refractivity contribution in [2.75, 3.05) is 0 Å². The molecule has 1 aliphatic rings. The average molecular weight is 422 g/mol. The van der Waals surface area contributed by atoms with E-state index in [1.165, 1.54) is 16.7 Å². The molecule has 158 valence electrons. The zero-order chi connectivity index (χ0) is 21.7. The molecule has 3 aromatic heterocycles. The minimum atomic E-state index is -1.04. The maximum Gasteiger partial charge on any atom is 0.331 e. The molecular weight excluding hydrogens is 403 g/mol. The number of rotatable bonds is 5. The summed E-state index contributed by atoms with van der Waals surface area (Å²) in [5, 5.41) is 20.5. The largest absolute Gasteiger partial charge is 0.493 e. The van der Waals surface area contributed by atoms with Gasteiger partial charge < -0.3 is 14.8 Å². The lowest BCUT2D eigenvalue weighted by Gasteiger charge is -2.18. The molecule has 0 saturated heterocycles. The smallest absolute Gasteiger partial charge is 0.331 e. The molecule has 9 heteroatoms. The van der Waals surface area contributed by atoms with Gasteiger partial charge in [0.25, 0.3) is 0 Å². The van der Waals surface area contributed by atoms with E-state index in [9.17, 15) is 19.1 Å². The van der Waals surface area contributed by atoms with Crippen molar-refractivity contribution in [2.24, 2.45) is 0 Å². The van der Waals surface area contributed by atoms with Crippen LogP contribution in [0.2, 0.25) is 0 Å². The third kappa shape index (κ3) is 3.09. The number of imidazole rings is 1. The Bertz CT molecular complexity index is 1380. The van der Waals surface area contributed by atoms with Crippen molar-refractivity contribution < 1.29 is 19.4 Å². The van der Waals surface area contributed by atoms with E-state index in [0.717, 1.165) is 32.4 Å². The van der Waals surface area contributed by atoms with Crippen LogP contribution in [-0.2, 0) is 30.8 Å². The van der Waals surface area contributed by atoms with Crippen molar-refractivity contribution in [3.05, 3.63) is 81.4 Å². The summed E-state index contributed by atoms with van der Waals surface area (Å²) in [5.74, 6) is -1.54. The number of fused-ring (bicyclic) bond motifs is 4. The first kappa shape index (κ1) is 19.1. The number of hydrogen-bond donors (Lipinski definition) is 2. The molecule has 4 aromatic rings. The molecule has 0 unspecified atom stereocenters. The first-order valence-electron chi connectivity index (χ1n) is 9.86. The number of benzene rings is 1. The summed E-state index contributed by atoms with van der Waals surface area (Å²) in [6, 6.07) is 10.0. The first-order chi connectivity index (χ1) is 14.9. The number of carboxylic acid groups (broad SMARTS) is 1. The Morgan fingerprint density at radius 3 is 2.65 bits per heavy atom. The Labute approximate surface area is 175 Å². The van der Waals surface area contributed by atoms with E-state index in [4.69, 9.17) is 5.11 Å². The number of aliphatic carboxylic acids is 1. The van der Waals surface area contributed by atoms with Gasteiger partial charge in [-0.05, 0) is 35.4 Å². The zero-order valence-electron chi connectivity index (χ0n) is 16.5. The van der Waals surface area contributed by atoms with Crippen molar-refractivity contribution >= 4 is 17.0 Å². The highest BCUT2D eigenvalue weighted by Gasteiger charge is 2.30. The maximum absolute atomic E-state index is 13.3. The van der Waals surface area contributed by atoms with Crippen LogP contribution in [0.3, 0.4) is 0 Å². The second-order valence-electron chi connectivity index (χ2n) is 7.62. The predicted molar refractivity (Wildman–Crippen MR) is 110 cm³/mol. The van der Waals surface area contributed by atoms with Gasteiger partial charge in [0.15, 0.2) is 0 Å². The van der Waals surface area contributed by atoms with Crippen molar-refractivity contribution in [3.63, 3.8) is 0 Å². The van der Waals surface area contributed by atoms with E-state index in [1.807, 2.05) is 16.7 Å². The van der Waals surface area contributed by atoms with Gasteiger partial charge in [-0.1, -0.05) is 12.1 Å². The molecule has 0 amide bonds. The van der Waals surface area contributed by atoms with E-state index >= 15 is 0 Å². The van der Waals surface area contributed by atoms with Crippen LogP contribution in [0.25, 0.3) is 11.0 Å². The van der Waals surface area contributed by atoms with E-state index in [-0.39, 0.29) is 31.2 Å². The quantitative estimate of drug-likeness (QED) is 0.453. The van der Waals surface area contributed by atoms with E-state index in [2.05, 4.69) is 4.98 Å². The monoisotopic (exact) mass is 422 g/mol. The molecule has 1 aromatic carbocycles. The van der Waals surface area contributed by atoms with Crippen LogP contribution in [-0.4, -0.2) is 34.9 Å². The Morgan fingerprint density at radius 2 is 1.90 bits per heavy atom. The van der Waals surface area contributed by atoms with Gasteiger partial charge in [-0.2, -0.15) is 0 Å². The summed E-state index contributed by atoms with van der Waals surface area (Å²) in [6.07, 6.45) is 1.77. The average Bonchev–Trinajstić information content (AvgIpc) is 3.19. The van der Waals surface area contributed by atoms with E-state index in [0.29, 0.717) is 18.7 Å². The number of hydrogen-bond acceptors (Lipinski definition) is 4. The number of carbonyl (C=O) groups is 1. The van der Waals surface area contributed by atoms with Crippen LogP contribution >= 0.6 is 0 Å². The van der Waals surface area contributed by atoms with Crippen molar-refractivity contribution in [3.8, 4) is 5.88 Å². The highest BCUT2D eigenvalue weighted by Crippen LogP contribution is 2.34. The predicted octanol–water partition coefficient (Wildman–Crippen LogP) is 2.32. The van der Waals surface area contributed by atoms with Gasteiger partial charge in [0.05, 0.1) is 18.7 Å². The van der Waals surface area contributed by atoms with Gasteiger partial charge in [0, 0.05) is 36.8 Å². The number of aromatic nitrogens is 4. The number of nitrogens with zero attached hydrogens (tertiary/aromatic N) is 4. The highest BCUT2D eigenvalue weighted by molar-refractivity contribution is 5.83. The number of pyridine rings is 1. The SMILES string of the molecule is O=C(O)CCn1c(O)c2n(c1=O)Cc1c(c3cccnc3n1Cc1ccc(F)cc1)C2. The molecule has 0 saturated carbocycles. The van der Waals surface area contributed by atoms with Crippen LogP contribution < -0.4 is 5.69 Å². The molecule has 31 heavy (non-hydrogen) atoms. The fourth-order valence-electron chi connectivity index (χ4n) is 4.31. The summed E-state index contributed by atoms with van der Waals surface area (Å²) in [7, 11) is 0. The van der Waals surface area contributed by atoms with Crippen molar-refractivity contribution in [1.82, 2.24) is 18.7 Å². The van der Waals surface area contributed by atoms with Gasteiger partial charge in [-0.3, -0.25) is 13.9 Å². The fraction of sp³-hybridized carbons (Fsp3) is 0.227. The summed E-state index contributed by atoms with van der Waals surface area (Å²) in [5.41, 5.74) is 3.54. The van der Waals surface area contributed by atoms with E-state index < -0.39 is 11.7 Å². The Kier molecular flexibility index (Phi) is 4.39. The Hall–Kier alpha value is -3.88. The normalized spacial score (nSPS) is 12.7. The number of halogens is 1. The molecule has 0 atom stereocenters. The molecule has 0 aliphatic carbocycles. The molecule has 0 radical (unpaired) electrons. The van der Waals surface area contributed by atoms with Crippen LogP contribution in [0.5, 0.6) is 5.88 Å². The summed E-state index contributed by atoms with van der Waals surface area (Å²) in [6.45, 7) is 0.593. The van der Waals surface area contributed by atoms with Gasteiger partial charge >= 0.3 is 11.7 Å². The van der Waals surface area contributed by atoms with Crippen LogP contribution in [0.1, 0.15) is 28.9 Å². The molecule has 0 fully saturated rings. The molecule has 1 aliphatic heterocycles. The van der Waals surface area contributed by atoms with Gasteiger partial charge in [0.2, 0.25) is 5.88 Å². The molecule has 2 N–H and O–H groups in total. The Morgan fingerprint density at radius 1 is 1.13 bits per heavy atom. The summed E-state index contributed by atoms with van der Waals surface area (Å²) in [4.78, 5) is 28.3. The first-order valence-corrected chi connectivity index (χ1v) is 9.86. The van der Waals surface area contributed by atoms with Crippen LogP contribution in [0, 0.1) is 5.82 Å². The van der Waals surface area contributed by atoms with Gasteiger partial charge in [0.1, 0.15) is 11.5 Å². The highest BCUT2D eigenvalue weighted by atomic mass is 19.1. The second kappa shape index (κ2) is 7.12. The van der Waals surface area contributed by atoms with Crippen LogP contribution in [0.15, 0.2) is 47.4 Å². The second-order valence-corrected chi connectivity index (χ2v) is 7.62. The Balaban J connectivity index is 1.62. The molecule has 0 spiro atoms. The molecular formula is C22H19FN4O4. The minimum Gasteiger partial charge on any atom is -0.493 e. The van der Waals surface area contributed by atoms with Crippen molar-refractivity contribution in [2.45, 2.75) is 32.5 Å². The lowest BCUT2D eigenvalue weighted by Crippen LogP contribution is -2.29. The maximum atomic E-state index is 13.3. The minimum absolute atomic E-state index is 0.0951. The van der Waals surface area contributed by atoms with Gasteiger partial charge in [-0.15, -0.1) is 0 Å². The molecule has 5 rings (SSSR count). The summed E-state index contributed by atoms with van der Waals surface area (Å²) >= 11 is 0. The zero-order valence-corrected chi connectivity index (χ0v) is 16.5. The van der Waals surface area contributed by atoms with Crippen LogP contribution in [0.4, 0.5) is 4.39 Å². The number of aromatic hydroxyl groups is 1. The third-order valence-electron chi connectivity index (χ3n) is 5.80. The standard InChI is InChI=1S/C22H19FN4O4/c23-14-5-3-13(4-6-14)11-26-18-12-27-17(10-16(18)15-2-1-8-24-20(15)26)21(30)25(22(27)31)9-7-19(28)29/h1-6,8,30H,7,9-12H2,(H,28,29). The van der Waals surface area contributed by atoms with E-state index in [1.54, 1.807) is 18.3 Å². The molecule has 4 heterocycles. The molecule has 8 nitrogen and oxygen atoms in total. The molecule has 0 bridgehead atoms. The number of carboxylic acids is 1. The fourth-order valence-corrected chi connectivity index (χ4v) is 4.31. The topological polar surface area (TPSA) is 102 Å². The summed E-state index contributed by atoms with van der Waals surface area (Å²) < 4.78 is 17.9. The van der Waals surface area contributed by atoms with Crippen molar-refractivity contribution in [1.29, 1.82) is 0 Å². The van der Waals surface area contributed by atoms with Gasteiger partial charge in [-0.25, -0.2) is 14.2 Å². The lowest BCUT2D eigenvalue weighted by atomic mass is 10.0. The lowest BCUT2D eigenvalue weighted by molar-refractivity contribution is -0.137. The third-order valence-corrected chi connectivity index (χ3v) is 5.80.